The van der Waals surface area contributed by atoms with Crippen molar-refractivity contribution in [3.63, 3.8) is 0 Å². The highest BCUT2D eigenvalue weighted by atomic mass is 16.6. The lowest BCUT2D eigenvalue weighted by molar-refractivity contribution is -0.154. The highest BCUT2D eigenvalue weighted by molar-refractivity contribution is 5.77. The molecule has 0 aliphatic carbocycles. The van der Waals surface area contributed by atoms with Crippen molar-refractivity contribution in [3.05, 3.63) is 0 Å². The molecule has 0 heterocycles. The summed E-state index contributed by atoms with van der Waals surface area (Å²) in [4.78, 5) is 25.8. The zero-order valence-corrected chi connectivity index (χ0v) is 14.7. The summed E-state index contributed by atoms with van der Waals surface area (Å²) in [5.41, 5.74) is -1.52. The van der Waals surface area contributed by atoms with Crippen molar-refractivity contribution >= 4 is 12.1 Å². The van der Waals surface area contributed by atoms with Gasteiger partial charge in [-0.1, -0.05) is 0 Å². The summed E-state index contributed by atoms with van der Waals surface area (Å²) in [5.74, 6) is -0.382. The molecule has 0 aliphatic rings. The Morgan fingerprint density at radius 1 is 1.23 bits per heavy atom. The van der Waals surface area contributed by atoms with Gasteiger partial charge in [0.1, 0.15) is 5.60 Å². The predicted molar refractivity (Wildman–Crippen MR) is 83.0 cm³/mol. The van der Waals surface area contributed by atoms with E-state index in [9.17, 15) is 9.59 Å². The Morgan fingerprint density at radius 2 is 1.77 bits per heavy atom. The van der Waals surface area contributed by atoms with Crippen molar-refractivity contribution in [2.45, 2.75) is 66.5 Å². The summed E-state index contributed by atoms with van der Waals surface area (Å²) < 4.78 is 10.4. The predicted octanol–water partition coefficient (Wildman–Crippen LogP) is 3.11. The first-order valence-electron chi connectivity index (χ1n) is 7.48. The van der Waals surface area contributed by atoms with Crippen LogP contribution >= 0.6 is 0 Å². The van der Waals surface area contributed by atoms with E-state index in [0.29, 0.717) is 0 Å². The van der Waals surface area contributed by atoms with Crippen LogP contribution in [0.4, 0.5) is 4.79 Å². The van der Waals surface area contributed by atoms with Crippen molar-refractivity contribution < 1.29 is 19.1 Å². The van der Waals surface area contributed by atoms with Gasteiger partial charge >= 0.3 is 12.1 Å². The number of amides is 1. The maximum atomic E-state index is 12.4. The van der Waals surface area contributed by atoms with Crippen molar-refractivity contribution in [2.75, 3.05) is 13.2 Å². The Balaban J connectivity index is 5.22. The molecule has 0 radical (unpaired) electrons. The third-order valence-corrected chi connectivity index (χ3v) is 2.94. The second-order valence-corrected chi connectivity index (χ2v) is 6.92. The Labute approximate surface area is 133 Å². The van der Waals surface area contributed by atoms with Gasteiger partial charge in [0, 0.05) is 12.6 Å². The fourth-order valence-electron chi connectivity index (χ4n) is 1.78. The molecule has 1 amide bonds. The van der Waals surface area contributed by atoms with Gasteiger partial charge in [0.25, 0.3) is 0 Å². The van der Waals surface area contributed by atoms with Crippen LogP contribution in [-0.2, 0) is 14.3 Å². The molecule has 0 spiro atoms. The largest absolute Gasteiger partial charge is 0.466 e. The number of ether oxygens (including phenoxy) is 2. The number of rotatable bonds is 6. The molecule has 0 saturated heterocycles. The molecular formula is C16H28N2O4. The van der Waals surface area contributed by atoms with Gasteiger partial charge in [0.15, 0.2) is 0 Å². The monoisotopic (exact) mass is 312 g/mol. The number of carbonyl (C=O) groups excluding carboxylic acids is 2. The van der Waals surface area contributed by atoms with E-state index in [1.807, 2.05) is 6.07 Å². The molecule has 6 heteroatoms. The van der Waals surface area contributed by atoms with Crippen LogP contribution in [0.25, 0.3) is 0 Å². The maximum Gasteiger partial charge on any atom is 0.410 e. The molecule has 0 aromatic carbocycles. The van der Waals surface area contributed by atoms with Crippen molar-refractivity contribution in [3.8, 4) is 6.07 Å². The SMILES string of the molecule is CCOC(=O)C(C)(C)CN(C(=O)OC(C)(C)C)[C@@H](C)CC#N. The highest BCUT2D eigenvalue weighted by Gasteiger charge is 2.36. The first kappa shape index (κ1) is 20.2. The zero-order chi connectivity index (χ0) is 17.6. The van der Waals surface area contributed by atoms with Crippen LogP contribution in [0.5, 0.6) is 0 Å². The lowest BCUT2D eigenvalue weighted by atomic mass is 9.92. The van der Waals surface area contributed by atoms with Crippen LogP contribution in [0.15, 0.2) is 0 Å². The molecule has 0 bridgehead atoms. The second-order valence-electron chi connectivity index (χ2n) is 6.92. The Bertz CT molecular complexity index is 432. The number of nitrogens with zero attached hydrogens (tertiary/aromatic N) is 2. The van der Waals surface area contributed by atoms with Crippen molar-refractivity contribution in [1.29, 1.82) is 5.26 Å². The Hall–Kier alpha value is -1.77. The number of hydrogen-bond acceptors (Lipinski definition) is 5. The van der Waals surface area contributed by atoms with Crippen LogP contribution in [0.1, 0.15) is 54.9 Å². The van der Waals surface area contributed by atoms with E-state index in [0.717, 1.165) is 0 Å². The van der Waals surface area contributed by atoms with E-state index >= 15 is 0 Å². The molecule has 0 aromatic heterocycles. The van der Waals surface area contributed by atoms with Gasteiger partial charge in [-0.05, 0) is 48.5 Å². The standard InChI is InChI=1S/C16H28N2O4/c1-8-21-13(19)16(6,7)11-18(12(2)9-10-17)14(20)22-15(3,4)5/h12H,8-9,11H2,1-7H3/t12-/m0/s1. The summed E-state index contributed by atoms with van der Waals surface area (Å²) in [5, 5.41) is 8.87. The first-order valence-corrected chi connectivity index (χ1v) is 7.48. The van der Waals surface area contributed by atoms with Gasteiger partial charge in [0.2, 0.25) is 0 Å². The van der Waals surface area contributed by atoms with E-state index in [4.69, 9.17) is 14.7 Å². The summed E-state index contributed by atoms with van der Waals surface area (Å²) in [6.07, 6.45) is -0.370. The van der Waals surface area contributed by atoms with Crippen molar-refractivity contribution in [2.24, 2.45) is 5.41 Å². The summed E-state index contributed by atoms with van der Waals surface area (Å²) in [6.45, 7) is 12.6. The van der Waals surface area contributed by atoms with Crippen LogP contribution in [0.2, 0.25) is 0 Å². The van der Waals surface area contributed by atoms with Crippen LogP contribution in [-0.4, -0.2) is 41.8 Å². The van der Waals surface area contributed by atoms with Crippen LogP contribution in [0.3, 0.4) is 0 Å². The Morgan fingerprint density at radius 3 is 2.18 bits per heavy atom. The lowest BCUT2D eigenvalue weighted by Crippen LogP contribution is -2.48. The summed E-state index contributed by atoms with van der Waals surface area (Å²) in [7, 11) is 0. The number of esters is 1. The minimum absolute atomic E-state index is 0.129. The van der Waals surface area contributed by atoms with Gasteiger partial charge in [0.05, 0.1) is 24.5 Å². The van der Waals surface area contributed by atoms with Crippen LogP contribution in [0, 0.1) is 16.7 Å². The van der Waals surface area contributed by atoms with E-state index in [-0.39, 0.29) is 31.6 Å². The quantitative estimate of drug-likeness (QED) is 0.704. The normalized spacial score (nSPS) is 13.0. The van der Waals surface area contributed by atoms with Crippen LogP contribution < -0.4 is 0 Å². The average molecular weight is 312 g/mol. The van der Waals surface area contributed by atoms with Crippen molar-refractivity contribution in [1.82, 2.24) is 4.90 Å². The molecule has 0 aliphatic heterocycles. The molecule has 22 heavy (non-hydrogen) atoms. The van der Waals surface area contributed by atoms with Gasteiger partial charge in [-0.2, -0.15) is 5.26 Å². The van der Waals surface area contributed by atoms with E-state index in [2.05, 4.69) is 0 Å². The van der Waals surface area contributed by atoms with E-state index < -0.39 is 17.1 Å². The summed E-state index contributed by atoms with van der Waals surface area (Å²) >= 11 is 0. The highest BCUT2D eigenvalue weighted by Crippen LogP contribution is 2.23. The van der Waals surface area contributed by atoms with E-state index in [1.54, 1.807) is 48.5 Å². The molecular weight excluding hydrogens is 284 g/mol. The molecule has 0 rings (SSSR count). The lowest BCUT2D eigenvalue weighted by Gasteiger charge is -2.35. The molecule has 0 aromatic rings. The molecule has 1 atom stereocenters. The number of carbonyl (C=O) groups is 2. The number of hydrogen-bond donors (Lipinski definition) is 0. The third-order valence-electron chi connectivity index (χ3n) is 2.94. The third kappa shape index (κ3) is 6.79. The van der Waals surface area contributed by atoms with Gasteiger partial charge in [-0.25, -0.2) is 4.79 Å². The molecule has 0 unspecified atom stereocenters. The fraction of sp³-hybridized carbons (Fsp3) is 0.812. The molecule has 126 valence electrons. The second kappa shape index (κ2) is 8.02. The smallest absolute Gasteiger partial charge is 0.410 e. The molecule has 0 fully saturated rings. The molecule has 6 nitrogen and oxygen atoms in total. The maximum absolute atomic E-state index is 12.4. The molecule has 0 N–H and O–H groups in total. The minimum Gasteiger partial charge on any atom is -0.466 e. The number of nitriles is 1. The average Bonchev–Trinajstić information content (AvgIpc) is 2.34. The fourth-order valence-corrected chi connectivity index (χ4v) is 1.78. The zero-order valence-electron chi connectivity index (χ0n) is 14.7. The van der Waals surface area contributed by atoms with Gasteiger partial charge < -0.3 is 14.4 Å². The summed E-state index contributed by atoms with van der Waals surface area (Å²) in [6, 6.07) is 1.69. The Kier molecular flexibility index (Phi) is 7.37. The van der Waals surface area contributed by atoms with Gasteiger partial charge in [-0.3, -0.25) is 4.79 Å². The van der Waals surface area contributed by atoms with Gasteiger partial charge in [-0.15, -0.1) is 0 Å². The van der Waals surface area contributed by atoms with E-state index in [1.165, 1.54) is 4.90 Å². The first-order chi connectivity index (χ1) is 9.94. The topological polar surface area (TPSA) is 79.6 Å². The minimum atomic E-state index is -0.878. The molecule has 0 saturated carbocycles.